The van der Waals surface area contributed by atoms with Crippen LogP contribution in [0, 0.1) is 11.3 Å². The van der Waals surface area contributed by atoms with E-state index in [1.165, 1.54) is 11.1 Å². The highest BCUT2D eigenvalue weighted by Gasteiger charge is 2.22. The number of carboxylic acids is 1. The number of aromatic carboxylic acids is 1. The second-order valence-corrected chi connectivity index (χ2v) is 6.92. The van der Waals surface area contributed by atoms with Crippen LogP contribution in [-0.2, 0) is 11.2 Å². The Hall–Kier alpha value is -4.01. The van der Waals surface area contributed by atoms with Crippen LogP contribution in [0.3, 0.4) is 0 Å². The fourth-order valence-electron chi connectivity index (χ4n) is 3.32. The maximum Gasteiger partial charge on any atom is 0.355 e. The highest BCUT2D eigenvalue weighted by molar-refractivity contribution is 6.13. The molecule has 1 aliphatic carbocycles. The van der Waals surface area contributed by atoms with Crippen molar-refractivity contribution in [2.24, 2.45) is 5.73 Å². The summed E-state index contributed by atoms with van der Waals surface area (Å²) in [5, 5.41) is 17.6. The normalized spacial score (nSPS) is 14.1. The van der Waals surface area contributed by atoms with Crippen LogP contribution in [0.15, 0.2) is 30.6 Å². The van der Waals surface area contributed by atoms with Crippen LogP contribution in [0.1, 0.15) is 60.6 Å². The highest BCUT2D eigenvalue weighted by atomic mass is 35.5. The molecule has 0 saturated heterocycles. The number of nitrogens with zero attached hydrogens (tertiary/aromatic N) is 4. The van der Waals surface area contributed by atoms with Gasteiger partial charge in [-0.2, -0.15) is 5.26 Å². The fourth-order valence-corrected chi connectivity index (χ4v) is 3.54. The summed E-state index contributed by atoms with van der Waals surface area (Å²) < 4.78 is 5.66. The molecule has 0 saturated carbocycles. The molecule has 1 aromatic carbocycles. The van der Waals surface area contributed by atoms with Gasteiger partial charge in [-0.15, -0.1) is 0 Å². The molecule has 3 aromatic rings. The quantitative estimate of drug-likeness (QED) is 0.389. The second-order valence-electron chi connectivity index (χ2n) is 6.70. The lowest BCUT2D eigenvalue weighted by molar-refractivity contribution is 0.0591. The van der Waals surface area contributed by atoms with E-state index < -0.39 is 23.5 Å². The number of fused-ring (bicyclic) bond motifs is 2. The van der Waals surface area contributed by atoms with Gasteiger partial charge in [-0.1, -0.05) is 6.07 Å². The van der Waals surface area contributed by atoms with Crippen LogP contribution in [0.25, 0.3) is 5.65 Å². The number of benzene rings is 1. The summed E-state index contributed by atoms with van der Waals surface area (Å²) in [4.78, 5) is 43.8. The number of halogens is 1. The number of esters is 1. The number of hydrogen-bond donors (Lipinski definition) is 3. The lowest BCUT2D eigenvalue weighted by Crippen LogP contribution is -2.15. The zero-order chi connectivity index (χ0) is 23.4. The van der Waals surface area contributed by atoms with Crippen LogP contribution in [-0.4, -0.2) is 44.4 Å². The van der Waals surface area contributed by atoms with Gasteiger partial charge >= 0.3 is 11.9 Å². The third kappa shape index (κ3) is 4.36. The summed E-state index contributed by atoms with van der Waals surface area (Å²) in [5.41, 5.74) is 7.41. The Labute approximate surface area is 186 Å². The van der Waals surface area contributed by atoms with Crippen molar-refractivity contribution < 1.29 is 24.2 Å². The Kier molecular flexibility index (Phi) is 6.67. The van der Waals surface area contributed by atoms with E-state index in [9.17, 15) is 14.4 Å². The average Bonchev–Trinajstić information content (AvgIpc) is 3.41. The molecule has 1 atom stereocenters. The Balaban J connectivity index is 0.000000193. The number of carbonyl (C=O) groups is 3. The topological polar surface area (TPSA) is 173 Å². The van der Waals surface area contributed by atoms with E-state index in [1.54, 1.807) is 0 Å². The Morgan fingerprint density at radius 2 is 2.12 bits per heavy atom. The molecule has 0 spiro atoms. The first kappa shape index (κ1) is 22.7. The Morgan fingerprint density at radius 3 is 2.72 bits per heavy atom. The minimum atomic E-state index is -1.36. The maximum atomic E-state index is 11.6. The van der Waals surface area contributed by atoms with Gasteiger partial charge < -0.3 is 15.6 Å². The summed E-state index contributed by atoms with van der Waals surface area (Å²) in [6, 6.07) is 9.19. The average molecular weight is 457 g/mol. The van der Waals surface area contributed by atoms with Gasteiger partial charge in [0.15, 0.2) is 17.0 Å². The molecule has 4 rings (SSSR count). The standard InChI is InChI=1S/C10H9ClN2.C10H8N4O5/c11-13-10-4-2-8-5-7(6-12)1-3-9(8)10;1-19-10(18)5-2-4(9(16)17)13-8-6(7(11)15)12-3-14(5)8/h1,3,5,10,13H,2,4H2;2-3H,1H3,(H2,11,15)(H,16,17)/t10-;/m0./s1. The molecular formula is C20H17ClN6O5. The third-order valence-corrected chi connectivity index (χ3v) is 5.09. The zero-order valence-electron chi connectivity index (χ0n) is 16.7. The number of carboxylic acid groups (broad SMARTS) is 1. The molecule has 1 amide bonds. The summed E-state index contributed by atoms with van der Waals surface area (Å²) in [6.07, 6.45) is 3.17. The number of methoxy groups -OCH3 is 1. The SMILES string of the molecule is COC(=O)c1cc(C(=O)O)nc2c(C(N)=O)ncn12.N#Cc1ccc2c(c1)CC[C@@H]2NCl. The summed E-state index contributed by atoms with van der Waals surface area (Å²) in [5.74, 6) is -3.03. The molecule has 2 heterocycles. The molecule has 12 heteroatoms. The van der Waals surface area contributed by atoms with E-state index in [1.807, 2.05) is 18.2 Å². The van der Waals surface area contributed by atoms with E-state index in [0.717, 1.165) is 42.3 Å². The molecule has 0 radical (unpaired) electrons. The zero-order valence-corrected chi connectivity index (χ0v) is 17.5. The third-order valence-electron chi connectivity index (χ3n) is 4.83. The lowest BCUT2D eigenvalue weighted by atomic mass is 10.1. The molecule has 1 aliphatic rings. The molecule has 4 N–H and O–H groups in total. The minimum absolute atomic E-state index is 0.118. The largest absolute Gasteiger partial charge is 0.477 e. The molecule has 164 valence electrons. The van der Waals surface area contributed by atoms with Gasteiger partial charge in [-0.3, -0.25) is 9.20 Å². The molecule has 0 unspecified atom stereocenters. The van der Waals surface area contributed by atoms with Crippen molar-refractivity contribution in [3.63, 3.8) is 0 Å². The van der Waals surface area contributed by atoms with Crippen molar-refractivity contribution in [1.82, 2.24) is 19.2 Å². The minimum Gasteiger partial charge on any atom is -0.477 e. The van der Waals surface area contributed by atoms with Gasteiger partial charge in [0, 0.05) is 12.1 Å². The fraction of sp³-hybridized carbons (Fsp3) is 0.200. The van der Waals surface area contributed by atoms with Crippen LogP contribution in [0.4, 0.5) is 0 Å². The van der Waals surface area contributed by atoms with Crippen LogP contribution < -0.4 is 10.6 Å². The van der Waals surface area contributed by atoms with Crippen LogP contribution in [0.5, 0.6) is 0 Å². The highest BCUT2D eigenvalue weighted by Crippen LogP contribution is 2.31. The molecule has 0 aliphatic heterocycles. The molecule has 11 nitrogen and oxygen atoms in total. The van der Waals surface area contributed by atoms with Gasteiger partial charge in [0.1, 0.15) is 12.0 Å². The first-order valence-electron chi connectivity index (χ1n) is 9.19. The number of carbonyl (C=O) groups excluding carboxylic acids is 2. The predicted octanol–water partition coefficient (Wildman–Crippen LogP) is 1.60. The van der Waals surface area contributed by atoms with E-state index in [0.29, 0.717) is 0 Å². The number of nitriles is 1. The van der Waals surface area contributed by atoms with Gasteiger partial charge in [-0.25, -0.2) is 24.4 Å². The monoisotopic (exact) mass is 456 g/mol. The first-order valence-corrected chi connectivity index (χ1v) is 9.57. The summed E-state index contributed by atoms with van der Waals surface area (Å²) in [6.45, 7) is 0. The van der Waals surface area contributed by atoms with E-state index >= 15 is 0 Å². The van der Waals surface area contributed by atoms with Crippen molar-refractivity contribution in [2.75, 3.05) is 7.11 Å². The molecule has 0 bridgehead atoms. The number of amides is 1. The first-order chi connectivity index (χ1) is 15.3. The van der Waals surface area contributed by atoms with E-state index in [4.69, 9.17) is 27.9 Å². The molecule has 2 aromatic heterocycles. The van der Waals surface area contributed by atoms with E-state index in [2.05, 4.69) is 25.6 Å². The number of imidazole rings is 1. The number of ether oxygens (including phenoxy) is 1. The van der Waals surface area contributed by atoms with Gasteiger partial charge in [-0.05, 0) is 47.9 Å². The van der Waals surface area contributed by atoms with Crippen LogP contribution in [0.2, 0.25) is 0 Å². The number of aromatic nitrogens is 3. The predicted molar refractivity (Wildman–Crippen MR) is 111 cm³/mol. The Morgan fingerprint density at radius 1 is 1.38 bits per heavy atom. The van der Waals surface area contributed by atoms with E-state index in [-0.39, 0.29) is 23.1 Å². The van der Waals surface area contributed by atoms with Gasteiger partial charge in [0.25, 0.3) is 5.91 Å². The molecular weight excluding hydrogens is 440 g/mol. The number of aryl methyl sites for hydroxylation is 1. The summed E-state index contributed by atoms with van der Waals surface area (Å²) >= 11 is 5.59. The van der Waals surface area contributed by atoms with Crippen molar-refractivity contribution in [3.05, 3.63) is 64.4 Å². The van der Waals surface area contributed by atoms with Crippen molar-refractivity contribution in [1.29, 1.82) is 5.26 Å². The van der Waals surface area contributed by atoms with Crippen molar-refractivity contribution in [3.8, 4) is 6.07 Å². The maximum absolute atomic E-state index is 11.6. The molecule has 0 fully saturated rings. The van der Waals surface area contributed by atoms with Crippen molar-refractivity contribution in [2.45, 2.75) is 18.9 Å². The number of nitrogens with two attached hydrogens (primary N) is 1. The summed E-state index contributed by atoms with van der Waals surface area (Å²) in [7, 11) is 1.14. The smallest absolute Gasteiger partial charge is 0.355 e. The number of rotatable bonds is 4. The second kappa shape index (κ2) is 9.42. The number of nitrogens with one attached hydrogen (secondary N) is 1. The Bertz CT molecular complexity index is 1270. The van der Waals surface area contributed by atoms with Gasteiger partial charge in [0.2, 0.25) is 0 Å². The van der Waals surface area contributed by atoms with Gasteiger partial charge in [0.05, 0.1) is 18.7 Å². The number of hydrogen-bond acceptors (Lipinski definition) is 8. The molecule has 32 heavy (non-hydrogen) atoms. The van der Waals surface area contributed by atoms with Crippen LogP contribution >= 0.6 is 11.8 Å². The lowest BCUT2D eigenvalue weighted by Gasteiger charge is -2.07. The van der Waals surface area contributed by atoms with Crippen molar-refractivity contribution >= 4 is 35.3 Å². The number of primary amides is 1.